The molecule has 2 nitrogen and oxygen atoms in total. The molecular weight excluding hydrogens is 148 g/mol. The van der Waals surface area contributed by atoms with Crippen molar-refractivity contribution in [3.05, 3.63) is 23.8 Å². The van der Waals surface area contributed by atoms with Gasteiger partial charge in [-0.2, -0.15) is 5.10 Å². The lowest BCUT2D eigenvalue weighted by Gasteiger charge is -2.27. The van der Waals surface area contributed by atoms with E-state index in [0.717, 1.165) is 6.42 Å². The van der Waals surface area contributed by atoms with Gasteiger partial charge in [-0.3, -0.25) is 5.01 Å². The van der Waals surface area contributed by atoms with Crippen LogP contribution in [0.4, 0.5) is 0 Å². The molecule has 1 aliphatic carbocycles. The third kappa shape index (κ3) is 0.986. The Hall–Kier alpha value is -1.05. The summed E-state index contributed by atoms with van der Waals surface area (Å²) in [6, 6.07) is 0.500. The zero-order valence-electron chi connectivity index (χ0n) is 7.57. The highest BCUT2D eigenvalue weighted by Crippen LogP contribution is 2.28. The molecule has 0 radical (unpaired) electrons. The van der Waals surface area contributed by atoms with Crippen LogP contribution in [0, 0.1) is 5.92 Å². The zero-order chi connectivity index (χ0) is 8.55. The third-order valence-electron chi connectivity index (χ3n) is 2.62. The standard InChI is InChI=1S/C10H14N2/c1-3-8-5-4-6-9-7-11-12(2)10(8)9/h4-7,9-10H,3H2,1-2H3. The van der Waals surface area contributed by atoms with Crippen LogP contribution in [0.15, 0.2) is 28.9 Å². The molecule has 2 rings (SSSR count). The molecule has 0 spiro atoms. The fourth-order valence-corrected chi connectivity index (χ4v) is 1.96. The van der Waals surface area contributed by atoms with Gasteiger partial charge in [0.25, 0.3) is 0 Å². The number of nitrogens with zero attached hydrogens (tertiary/aromatic N) is 2. The SMILES string of the molecule is CCC1=CC=CC2C=NN(C)C12. The van der Waals surface area contributed by atoms with Gasteiger partial charge in [-0.25, -0.2) is 0 Å². The first kappa shape index (κ1) is 7.59. The Morgan fingerprint density at radius 1 is 1.58 bits per heavy atom. The smallest absolute Gasteiger partial charge is 0.0792 e. The Morgan fingerprint density at radius 2 is 2.42 bits per heavy atom. The average molecular weight is 162 g/mol. The summed E-state index contributed by atoms with van der Waals surface area (Å²) in [5.41, 5.74) is 1.49. The lowest BCUT2D eigenvalue weighted by atomic mass is 9.89. The van der Waals surface area contributed by atoms with Crippen molar-refractivity contribution in [2.24, 2.45) is 11.0 Å². The number of likely N-dealkylation sites (N-methyl/N-ethyl adjacent to an activating group) is 1. The Kier molecular flexibility index (Phi) is 1.75. The molecule has 1 heterocycles. The minimum atomic E-state index is 0.500. The molecule has 0 amide bonds. The molecule has 0 fully saturated rings. The molecule has 2 aliphatic rings. The third-order valence-corrected chi connectivity index (χ3v) is 2.62. The van der Waals surface area contributed by atoms with Crippen molar-refractivity contribution >= 4 is 6.21 Å². The highest BCUT2D eigenvalue weighted by atomic mass is 15.5. The highest BCUT2D eigenvalue weighted by Gasteiger charge is 2.30. The molecule has 0 saturated carbocycles. The van der Waals surface area contributed by atoms with Gasteiger partial charge in [-0.05, 0) is 12.0 Å². The predicted molar refractivity (Wildman–Crippen MR) is 51.0 cm³/mol. The van der Waals surface area contributed by atoms with E-state index in [2.05, 4.69) is 35.3 Å². The minimum Gasteiger partial charge on any atom is -0.292 e. The van der Waals surface area contributed by atoms with Crippen molar-refractivity contribution < 1.29 is 0 Å². The van der Waals surface area contributed by atoms with Crippen LogP contribution in [0.5, 0.6) is 0 Å². The van der Waals surface area contributed by atoms with Crippen LogP contribution < -0.4 is 0 Å². The molecule has 0 aromatic rings. The van der Waals surface area contributed by atoms with Crippen molar-refractivity contribution in [1.82, 2.24) is 5.01 Å². The summed E-state index contributed by atoms with van der Waals surface area (Å²) in [5, 5.41) is 6.35. The maximum Gasteiger partial charge on any atom is 0.0792 e. The highest BCUT2D eigenvalue weighted by molar-refractivity contribution is 5.68. The van der Waals surface area contributed by atoms with Crippen LogP contribution in [-0.2, 0) is 0 Å². The molecule has 0 bridgehead atoms. The second-order valence-corrected chi connectivity index (χ2v) is 3.34. The quantitative estimate of drug-likeness (QED) is 0.574. The first-order valence-corrected chi connectivity index (χ1v) is 4.47. The Balaban J connectivity index is 2.27. The molecule has 2 unspecified atom stereocenters. The summed E-state index contributed by atoms with van der Waals surface area (Å²) in [5.74, 6) is 0.509. The van der Waals surface area contributed by atoms with Crippen LogP contribution in [0.2, 0.25) is 0 Å². The summed E-state index contributed by atoms with van der Waals surface area (Å²) in [6.45, 7) is 2.20. The normalized spacial score (nSPS) is 32.2. The van der Waals surface area contributed by atoms with Gasteiger partial charge in [0.15, 0.2) is 0 Å². The molecule has 2 heteroatoms. The van der Waals surface area contributed by atoms with Crippen LogP contribution in [0.25, 0.3) is 0 Å². The molecule has 0 N–H and O–H groups in total. The van der Waals surface area contributed by atoms with E-state index in [1.807, 2.05) is 13.3 Å². The average Bonchev–Trinajstić information content (AvgIpc) is 2.48. The van der Waals surface area contributed by atoms with E-state index < -0.39 is 0 Å². The van der Waals surface area contributed by atoms with E-state index >= 15 is 0 Å². The summed E-state index contributed by atoms with van der Waals surface area (Å²) < 4.78 is 0. The fourth-order valence-electron chi connectivity index (χ4n) is 1.96. The van der Waals surface area contributed by atoms with Gasteiger partial charge < -0.3 is 0 Å². The molecule has 0 aromatic carbocycles. The van der Waals surface area contributed by atoms with Gasteiger partial charge in [0.2, 0.25) is 0 Å². The van der Waals surface area contributed by atoms with Crippen molar-refractivity contribution in [3.8, 4) is 0 Å². The second kappa shape index (κ2) is 2.77. The van der Waals surface area contributed by atoms with Crippen LogP contribution in [0.1, 0.15) is 13.3 Å². The Labute approximate surface area is 73.3 Å². The van der Waals surface area contributed by atoms with E-state index in [4.69, 9.17) is 0 Å². The topological polar surface area (TPSA) is 15.6 Å². The summed E-state index contributed by atoms with van der Waals surface area (Å²) in [4.78, 5) is 0. The molecule has 12 heavy (non-hydrogen) atoms. The van der Waals surface area contributed by atoms with E-state index in [1.165, 1.54) is 5.57 Å². The number of hydrazone groups is 1. The first-order valence-electron chi connectivity index (χ1n) is 4.47. The summed E-state index contributed by atoms with van der Waals surface area (Å²) in [6.07, 6.45) is 9.73. The minimum absolute atomic E-state index is 0.500. The van der Waals surface area contributed by atoms with Crippen LogP contribution in [-0.4, -0.2) is 24.3 Å². The van der Waals surface area contributed by atoms with E-state index in [-0.39, 0.29) is 0 Å². The van der Waals surface area contributed by atoms with Crippen LogP contribution >= 0.6 is 0 Å². The summed E-state index contributed by atoms with van der Waals surface area (Å²) in [7, 11) is 2.05. The molecule has 64 valence electrons. The Morgan fingerprint density at radius 3 is 3.17 bits per heavy atom. The van der Waals surface area contributed by atoms with Crippen molar-refractivity contribution in [2.45, 2.75) is 19.4 Å². The maximum atomic E-state index is 4.30. The van der Waals surface area contributed by atoms with Crippen molar-refractivity contribution in [1.29, 1.82) is 0 Å². The molecular formula is C10H14N2. The van der Waals surface area contributed by atoms with Gasteiger partial charge in [0.05, 0.1) is 6.04 Å². The van der Waals surface area contributed by atoms with E-state index in [0.29, 0.717) is 12.0 Å². The summed E-state index contributed by atoms with van der Waals surface area (Å²) >= 11 is 0. The second-order valence-electron chi connectivity index (χ2n) is 3.34. The monoisotopic (exact) mass is 162 g/mol. The number of fused-ring (bicyclic) bond motifs is 1. The van der Waals surface area contributed by atoms with Gasteiger partial charge >= 0.3 is 0 Å². The molecule has 0 saturated heterocycles. The molecule has 1 aliphatic heterocycles. The fraction of sp³-hybridized carbons (Fsp3) is 0.500. The lowest BCUT2D eigenvalue weighted by Crippen LogP contribution is -2.31. The molecule has 2 atom stereocenters. The van der Waals surface area contributed by atoms with E-state index in [1.54, 1.807) is 0 Å². The zero-order valence-corrected chi connectivity index (χ0v) is 7.57. The Bertz CT molecular complexity index is 263. The lowest BCUT2D eigenvalue weighted by molar-refractivity contribution is 0.290. The van der Waals surface area contributed by atoms with Gasteiger partial charge in [0.1, 0.15) is 0 Å². The number of hydrogen-bond acceptors (Lipinski definition) is 2. The number of rotatable bonds is 1. The largest absolute Gasteiger partial charge is 0.292 e. The molecule has 0 aromatic heterocycles. The number of allylic oxidation sites excluding steroid dienone is 2. The van der Waals surface area contributed by atoms with Crippen molar-refractivity contribution in [2.75, 3.05) is 7.05 Å². The number of hydrogen-bond donors (Lipinski definition) is 0. The van der Waals surface area contributed by atoms with Crippen molar-refractivity contribution in [3.63, 3.8) is 0 Å². The van der Waals surface area contributed by atoms with Crippen LogP contribution in [0.3, 0.4) is 0 Å². The maximum absolute atomic E-state index is 4.30. The predicted octanol–water partition coefficient (Wildman–Crippen LogP) is 1.81. The van der Waals surface area contributed by atoms with Gasteiger partial charge in [-0.15, -0.1) is 0 Å². The first-order chi connectivity index (χ1) is 5.83. The van der Waals surface area contributed by atoms with E-state index in [9.17, 15) is 0 Å². The van der Waals surface area contributed by atoms with Gasteiger partial charge in [0, 0.05) is 19.2 Å². The van der Waals surface area contributed by atoms with Gasteiger partial charge in [-0.1, -0.05) is 25.2 Å².